The van der Waals surface area contributed by atoms with Gasteiger partial charge in [-0.15, -0.1) is 10.2 Å². The summed E-state index contributed by atoms with van der Waals surface area (Å²) in [6.45, 7) is 8.65. The van der Waals surface area contributed by atoms with Crippen LogP contribution < -0.4 is 4.90 Å². The van der Waals surface area contributed by atoms with Gasteiger partial charge in [-0.3, -0.25) is 4.90 Å². The molecule has 7 heteroatoms. The summed E-state index contributed by atoms with van der Waals surface area (Å²) in [5.74, 6) is 2.68. The first-order chi connectivity index (χ1) is 14.3. The van der Waals surface area contributed by atoms with Crippen LogP contribution in [0.2, 0.25) is 0 Å². The van der Waals surface area contributed by atoms with Crippen LogP contribution in [0.4, 0.5) is 5.82 Å². The number of anilines is 1. The molecule has 152 valence electrons. The van der Waals surface area contributed by atoms with Crippen molar-refractivity contribution in [3.05, 3.63) is 30.1 Å². The van der Waals surface area contributed by atoms with E-state index in [2.05, 4.69) is 62.2 Å². The molecule has 7 nitrogen and oxygen atoms in total. The molecule has 0 N–H and O–H groups in total. The van der Waals surface area contributed by atoms with Crippen LogP contribution in [0.15, 0.2) is 28.8 Å². The van der Waals surface area contributed by atoms with Gasteiger partial charge < -0.3 is 9.42 Å². The first-order valence-corrected chi connectivity index (χ1v) is 10.9. The summed E-state index contributed by atoms with van der Waals surface area (Å²) in [6.07, 6.45) is 4.71. The fraction of sp³-hybridized carbons (Fsp3) is 0.545. The number of rotatable bonds is 6. The van der Waals surface area contributed by atoms with Crippen molar-refractivity contribution in [2.75, 3.05) is 31.1 Å². The van der Waals surface area contributed by atoms with Crippen LogP contribution in [0, 0.1) is 0 Å². The lowest BCUT2D eigenvalue weighted by Gasteiger charge is -2.39. The summed E-state index contributed by atoms with van der Waals surface area (Å²) < 4.78 is 5.53. The van der Waals surface area contributed by atoms with E-state index in [1.165, 1.54) is 12.8 Å². The Labute approximate surface area is 171 Å². The summed E-state index contributed by atoms with van der Waals surface area (Å²) in [5.41, 5.74) is 0.680. The van der Waals surface area contributed by atoms with Crippen molar-refractivity contribution >= 4 is 16.6 Å². The Morgan fingerprint density at radius 1 is 1.00 bits per heavy atom. The van der Waals surface area contributed by atoms with E-state index in [1.54, 1.807) is 0 Å². The number of nitrogens with zero attached hydrogens (tertiary/aromatic N) is 6. The second-order valence-corrected chi connectivity index (χ2v) is 8.14. The predicted octanol–water partition coefficient (Wildman–Crippen LogP) is 3.87. The van der Waals surface area contributed by atoms with E-state index in [9.17, 15) is 0 Å². The van der Waals surface area contributed by atoms with Crippen molar-refractivity contribution in [1.82, 2.24) is 25.2 Å². The van der Waals surface area contributed by atoms with Crippen LogP contribution in [0.5, 0.6) is 0 Å². The lowest BCUT2D eigenvalue weighted by Crippen LogP contribution is -2.50. The molecule has 2 aliphatic rings. The van der Waals surface area contributed by atoms with Gasteiger partial charge in [0.05, 0.1) is 0 Å². The molecule has 0 radical (unpaired) electrons. The van der Waals surface area contributed by atoms with Crippen LogP contribution in [0.3, 0.4) is 0 Å². The summed E-state index contributed by atoms with van der Waals surface area (Å²) in [5, 5.41) is 15.4. The van der Waals surface area contributed by atoms with Gasteiger partial charge in [0.15, 0.2) is 17.3 Å². The minimum atomic E-state index is 0.456. The van der Waals surface area contributed by atoms with E-state index in [4.69, 9.17) is 4.52 Å². The maximum absolute atomic E-state index is 5.53. The largest absolute Gasteiger partial charge is 0.352 e. The van der Waals surface area contributed by atoms with Gasteiger partial charge >= 0.3 is 0 Å². The Hall–Kier alpha value is -2.54. The smallest absolute Gasteiger partial charge is 0.279 e. The highest BCUT2D eigenvalue weighted by Crippen LogP contribution is 2.39. The van der Waals surface area contributed by atoms with E-state index < -0.39 is 0 Å². The zero-order chi connectivity index (χ0) is 19.8. The lowest BCUT2D eigenvalue weighted by atomic mass is 10.1. The monoisotopic (exact) mass is 392 g/mol. The first-order valence-electron chi connectivity index (χ1n) is 10.9. The van der Waals surface area contributed by atoms with Crippen molar-refractivity contribution in [3.8, 4) is 11.6 Å². The third-order valence-electron chi connectivity index (χ3n) is 6.33. The summed E-state index contributed by atoms with van der Waals surface area (Å²) in [4.78, 5) is 9.55. The molecule has 2 fully saturated rings. The van der Waals surface area contributed by atoms with Gasteiger partial charge in [-0.1, -0.05) is 43.3 Å². The highest BCUT2D eigenvalue weighted by molar-refractivity contribution is 5.99. The standard InChI is InChI=1S/C22H28N6O/c1-3-16(4-2)27-11-13-28(14-12-27)21-18-8-6-5-7-17(18)19(24-25-21)22-23-20(26-29-22)15-9-10-15/h5-8,15-16H,3-4,9-14H2,1-2H3. The van der Waals surface area contributed by atoms with Crippen molar-refractivity contribution in [1.29, 1.82) is 0 Å². The van der Waals surface area contributed by atoms with E-state index in [0.717, 1.165) is 61.4 Å². The van der Waals surface area contributed by atoms with Crippen LogP contribution >= 0.6 is 0 Å². The molecule has 1 aliphatic heterocycles. The molecule has 3 aromatic rings. The fourth-order valence-electron chi connectivity index (χ4n) is 4.42. The SMILES string of the molecule is CCC(CC)N1CCN(c2nnc(-c3nc(C4CC4)no3)c3ccccc23)CC1. The minimum Gasteiger partial charge on any atom is -0.352 e. The maximum atomic E-state index is 5.53. The Morgan fingerprint density at radius 2 is 1.72 bits per heavy atom. The van der Waals surface area contributed by atoms with Gasteiger partial charge in [-0.25, -0.2) is 0 Å². The number of hydrogen-bond acceptors (Lipinski definition) is 7. The molecule has 0 spiro atoms. The molecular weight excluding hydrogens is 364 g/mol. The van der Waals surface area contributed by atoms with Crippen LogP contribution in [-0.4, -0.2) is 57.5 Å². The Kier molecular flexibility index (Phi) is 4.91. The van der Waals surface area contributed by atoms with Crippen LogP contribution in [0.1, 0.15) is 51.3 Å². The molecule has 1 saturated heterocycles. The van der Waals surface area contributed by atoms with Gasteiger partial charge in [-0.2, -0.15) is 4.98 Å². The van der Waals surface area contributed by atoms with E-state index in [0.29, 0.717) is 23.5 Å². The molecule has 1 aromatic carbocycles. The average Bonchev–Trinajstić information content (AvgIpc) is 3.51. The summed E-state index contributed by atoms with van der Waals surface area (Å²) >= 11 is 0. The summed E-state index contributed by atoms with van der Waals surface area (Å²) in [7, 11) is 0. The third kappa shape index (κ3) is 3.48. The Bertz CT molecular complexity index is 986. The molecule has 1 saturated carbocycles. The lowest BCUT2D eigenvalue weighted by molar-refractivity contribution is 0.175. The number of hydrogen-bond donors (Lipinski definition) is 0. The van der Waals surface area contributed by atoms with Crippen molar-refractivity contribution < 1.29 is 4.52 Å². The second kappa shape index (κ2) is 7.71. The van der Waals surface area contributed by atoms with E-state index in [1.807, 2.05) is 6.07 Å². The molecule has 0 atom stereocenters. The van der Waals surface area contributed by atoms with E-state index >= 15 is 0 Å². The van der Waals surface area contributed by atoms with Crippen molar-refractivity contribution in [2.24, 2.45) is 0 Å². The second-order valence-electron chi connectivity index (χ2n) is 8.14. The number of fused-ring (bicyclic) bond motifs is 1. The third-order valence-corrected chi connectivity index (χ3v) is 6.33. The fourth-order valence-corrected chi connectivity index (χ4v) is 4.42. The highest BCUT2D eigenvalue weighted by Gasteiger charge is 2.30. The normalized spacial score (nSPS) is 18.1. The van der Waals surface area contributed by atoms with Gasteiger partial charge in [0, 0.05) is 48.9 Å². The molecule has 0 unspecified atom stereocenters. The molecule has 2 aromatic heterocycles. The predicted molar refractivity (Wildman–Crippen MR) is 113 cm³/mol. The Morgan fingerprint density at radius 3 is 2.41 bits per heavy atom. The zero-order valence-corrected chi connectivity index (χ0v) is 17.2. The quantitative estimate of drug-likeness (QED) is 0.630. The Balaban J connectivity index is 1.44. The zero-order valence-electron chi connectivity index (χ0n) is 17.2. The van der Waals surface area contributed by atoms with Gasteiger partial charge in [0.1, 0.15) is 0 Å². The number of benzene rings is 1. The molecule has 0 bridgehead atoms. The van der Waals surface area contributed by atoms with Gasteiger partial charge in [-0.05, 0) is 25.7 Å². The number of piperazine rings is 1. The molecule has 3 heterocycles. The highest BCUT2D eigenvalue weighted by atomic mass is 16.5. The minimum absolute atomic E-state index is 0.456. The molecular formula is C22H28N6O. The summed E-state index contributed by atoms with van der Waals surface area (Å²) in [6, 6.07) is 8.96. The van der Waals surface area contributed by atoms with Crippen molar-refractivity contribution in [3.63, 3.8) is 0 Å². The van der Waals surface area contributed by atoms with Crippen LogP contribution in [0.25, 0.3) is 22.4 Å². The maximum Gasteiger partial charge on any atom is 0.279 e. The molecule has 0 amide bonds. The van der Waals surface area contributed by atoms with Gasteiger partial charge in [0.25, 0.3) is 5.89 Å². The van der Waals surface area contributed by atoms with Gasteiger partial charge in [0.2, 0.25) is 0 Å². The molecule has 29 heavy (non-hydrogen) atoms. The topological polar surface area (TPSA) is 71.2 Å². The van der Waals surface area contributed by atoms with Crippen molar-refractivity contribution in [2.45, 2.75) is 51.5 Å². The van der Waals surface area contributed by atoms with Crippen LogP contribution in [-0.2, 0) is 0 Å². The average molecular weight is 393 g/mol. The molecule has 1 aliphatic carbocycles. The molecule has 5 rings (SSSR count). The van der Waals surface area contributed by atoms with E-state index in [-0.39, 0.29) is 0 Å². The number of aromatic nitrogens is 4. The first kappa shape index (κ1) is 18.5.